The third kappa shape index (κ3) is 2.15. The zero-order valence-corrected chi connectivity index (χ0v) is 7.51. The zero-order valence-electron chi connectivity index (χ0n) is 7.51. The summed E-state index contributed by atoms with van der Waals surface area (Å²) >= 11 is 0. The summed E-state index contributed by atoms with van der Waals surface area (Å²) in [7, 11) is 0. The lowest BCUT2D eigenvalue weighted by Crippen LogP contribution is -2.45. The number of nitrogens with two attached hydrogens (primary N) is 2. The molecule has 0 aromatic heterocycles. The van der Waals surface area contributed by atoms with Gasteiger partial charge in [0.2, 0.25) is 0 Å². The summed E-state index contributed by atoms with van der Waals surface area (Å²) in [5.41, 5.74) is 5.42. The predicted octanol–water partition coefficient (Wildman–Crippen LogP) is -0.512. The molecule has 14 heavy (non-hydrogen) atoms. The Balaban J connectivity index is 2.81. The molecule has 74 valence electrons. The molecule has 0 aliphatic rings. The number of carbonyl (C=O) groups is 2. The smallest absolute Gasteiger partial charge is 0.274 e. The molecule has 1 rings (SSSR count). The number of amides is 2. The second kappa shape index (κ2) is 4.50. The molecule has 0 fully saturated rings. The molecule has 0 radical (unpaired) electrons. The number of nitrogens with zero attached hydrogens (tertiary/aromatic N) is 1. The summed E-state index contributed by atoms with van der Waals surface area (Å²) in [5, 5.41) is 0.523. The van der Waals surface area contributed by atoms with Crippen LogP contribution in [0.15, 0.2) is 30.3 Å². The van der Waals surface area contributed by atoms with Gasteiger partial charge in [0.05, 0.1) is 6.54 Å². The van der Waals surface area contributed by atoms with Crippen molar-refractivity contribution >= 4 is 11.8 Å². The Labute approximate surface area is 81.3 Å². The molecule has 0 aliphatic carbocycles. The molecule has 1 aromatic rings. The van der Waals surface area contributed by atoms with Gasteiger partial charge in [0, 0.05) is 5.56 Å². The number of hydrogen-bond acceptors (Lipinski definition) is 4. The molecule has 0 unspecified atom stereocenters. The molecule has 0 saturated heterocycles. The number of rotatable bonds is 2. The number of hydrazine groups is 1. The van der Waals surface area contributed by atoms with Gasteiger partial charge >= 0.3 is 0 Å². The highest BCUT2D eigenvalue weighted by atomic mass is 16.2. The van der Waals surface area contributed by atoms with Gasteiger partial charge in [-0.25, -0.2) is 10.9 Å². The van der Waals surface area contributed by atoms with Crippen molar-refractivity contribution in [2.75, 3.05) is 6.54 Å². The molecule has 0 aliphatic heterocycles. The van der Waals surface area contributed by atoms with Gasteiger partial charge < -0.3 is 5.73 Å². The fraction of sp³-hybridized carbons (Fsp3) is 0.111. The van der Waals surface area contributed by atoms with E-state index in [1.54, 1.807) is 30.3 Å². The number of benzene rings is 1. The van der Waals surface area contributed by atoms with Crippen LogP contribution in [-0.2, 0) is 4.79 Å². The molecular formula is C9H11N3O2. The van der Waals surface area contributed by atoms with Gasteiger partial charge in [-0.3, -0.25) is 9.59 Å². The highest BCUT2D eigenvalue weighted by Gasteiger charge is 2.17. The van der Waals surface area contributed by atoms with Crippen LogP contribution in [0.5, 0.6) is 0 Å². The number of imide groups is 1. The third-order valence-electron chi connectivity index (χ3n) is 1.68. The normalized spacial score (nSPS) is 9.57. The molecule has 0 spiro atoms. The topological polar surface area (TPSA) is 89.4 Å². The fourth-order valence-corrected chi connectivity index (χ4v) is 0.931. The van der Waals surface area contributed by atoms with Crippen molar-refractivity contribution in [1.82, 2.24) is 5.01 Å². The van der Waals surface area contributed by atoms with Crippen molar-refractivity contribution in [2.45, 2.75) is 0 Å². The molecule has 5 nitrogen and oxygen atoms in total. The Morgan fingerprint density at radius 3 is 2.29 bits per heavy atom. The maximum absolute atomic E-state index is 11.5. The first-order valence-electron chi connectivity index (χ1n) is 4.04. The Hall–Kier alpha value is -1.72. The van der Waals surface area contributed by atoms with Crippen LogP contribution >= 0.6 is 0 Å². The summed E-state index contributed by atoms with van der Waals surface area (Å²) < 4.78 is 0. The van der Waals surface area contributed by atoms with E-state index >= 15 is 0 Å². The fourth-order valence-electron chi connectivity index (χ4n) is 0.931. The van der Waals surface area contributed by atoms with Crippen molar-refractivity contribution in [3.05, 3.63) is 35.9 Å². The van der Waals surface area contributed by atoms with Crippen LogP contribution < -0.4 is 11.6 Å². The molecule has 4 N–H and O–H groups in total. The number of carbonyl (C=O) groups excluding carboxylic acids is 2. The highest BCUT2D eigenvalue weighted by molar-refractivity contribution is 6.04. The molecule has 0 bridgehead atoms. The van der Waals surface area contributed by atoms with Gasteiger partial charge in [0.1, 0.15) is 0 Å². The van der Waals surface area contributed by atoms with E-state index in [0.29, 0.717) is 10.6 Å². The van der Waals surface area contributed by atoms with Crippen LogP contribution in [0.1, 0.15) is 10.4 Å². The van der Waals surface area contributed by atoms with Crippen molar-refractivity contribution in [3.8, 4) is 0 Å². The Morgan fingerprint density at radius 1 is 1.21 bits per heavy atom. The first kappa shape index (κ1) is 10.4. The van der Waals surface area contributed by atoms with E-state index in [1.165, 1.54) is 0 Å². The molecule has 1 aromatic carbocycles. The molecule has 5 heteroatoms. The van der Waals surface area contributed by atoms with Gasteiger partial charge in [-0.2, -0.15) is 0 Å². The summed E-state index contributed by atoms with van der Waals surface area (Å²) in [5.74, 6) is 4.09. The van der Waals surface area contributed by atoms with E-state index in [4.69, 9.17) is 11.6 Å². The first-order chi connectivity index (χ1) is 6.66. The SMILES string of the molecule is NCC(=O)N(N)C(=O)c1ccccc1. The van der Waals surface area contributed by atoms with Crippen LogP contribution in [0.2, 0.25) is 0 Å². The van der Waals surface area contributed by atoms with Gasteiger partial charge in [0.15, 0.2) is 0 Å². The van der Waals surface area contributed by atoms with E-state index in [0.717, 1.165) is 0 Å². The van der Waals surface area contributed by atoms with Crippen LogP contribution in [0.25, 0.3) is 0 Å². The van der Waals surface area contributed by atoms with E-state index < -0.39 is 11.8 Å². The van der Waals surface area contributed by atoms with E-state index in [9.17, 15) is 9.59 Å². The van der Waals surface area contributed by atoms with Crippen molar-refractivity contribution in [2.24, 2.45) is 11.6 Å². The number of hydrogen-bond donors (Lipinski definition) is 2. The summed E-state index contributed by atoms with van der Waals surface area (Å²) in [6.45, 7) is -0.283. The maximum Gasteiger partial charge on any atom is 0.274 e. The molecular weight excluding hydrogens is 182 g/mol. The van der Waals surface area contributed by atoms with Crippen LogP contribution in [0, 0.1) is 0 Å². The van der Waals surface area contributed by atoms with Crippen LogP contribution in [0.4, 0.5) is 0 Å². The molecule has 0 atom stereocenters. The Kier molecular flexibility index (Phi) is 3.33. The first-order valence-corrected chi connectivity index (χ1v) is 4.04. The minimum atomic E-state index is -0.612. The highest BCUT2D eigenvalue weighted by Crippen LogP contribution is 2.01. The summed E-state index contributed by atoms with van der Waals surface area (Å²) in [6.07, 6.45) is 0. The lowest BCUT2D eigenvalue weighted by atomic mass is 10.2. The maximum atomic E-state index is 11.5. The molecule has 0 heterocycles. The largest absolute Gasteiger partial charge is 0.322 e. The molecule has 0 saturated carbocycles. The lowest BCUT2D eigenvalue weighted by Gasteiger charge is -2.12. The van der Waals surface area contributed by atoms with Crippen molar-refractivity contribution < 1.29 is 9.59 Å². The van der Waals surface area contributed by atoms with E-state index in [1.807, 2.05) is 0 Å². The predicted molar refractivity (Wildman–Crippen MR) is 50.9 cm³/mol. The van der Waals surface area contributed by atoms with Gasteiger partial charge in [-0.1, -0.05) is 18.2 Å². The summed E-state index contributed by atoms with van der Waals surface area (Å²) in [4.78, 5) is 22.5. The van der Waals surface area contributed by atoms with Gasteiger partial charge in [-0.15, -0.1) is 0 Å². The van der Waals surface area contributed by atoms with Crippen molar-refractivity contribution in [1.29, 1.82) is 0 Å². The Bertz CT molecular complexity index is 337. The summed E-state index contributed by atoms with van der Waals surface area (Å²) in [6, 6.07) is 8.29. The second-order valence-electron chi connectivity index (χ2n) is 2.64. The minimum absolute atomic E-state index is 0.283. The standard InChI is InChI=1S/C9H11N3O2/c10-6-8(13)12(11)9(14)7-4-2-1-3-5-7/h1-5H,6,10-11H2. The van der Waals surface area contributed by atoms with E-state index in [-0.39, 0.29) is 6.54 Å². The van der Waals surface area contributed by atoms with E-state index in [2.05, 4.69) is 0 Å². The van der Waals surface area contributed by atoms with Crippen LogP contribution in [0.3, 0.4) is 0 Å². The second-order valence-corrected chi connectivity index (χ2v) is 2.64. The quantitative estimate of drug-likeness (QED) is 0.376. The Morgan fingerprint density at radius 2 is 1.79 bits per heavy atom. The minimum Gasteiger partial charge on any atom is -0.322 e. The van der Waals surface area contributed by atoms with Crippen molar-refractivity contribution in [3.63, 3.8) is 0 Å². The third-order valence-corrected chi connectivity index (χ3v) is 1.68. The monoisotopic (exact) mass is 193 g/mol. The molecule has 2 amide bonds. The van der Waals surface area contributed by atoms with Crippen LogP contribution in [-0.4, -0.2) is 23.4 Å². The zero-order chi connectivity index (χ0) is 10.6. The average molecular weight is 193 g/mol. The lowest BCUT2D eigenvalue weighted by molar-refractivity contribution is -0.127. The average Bonchev–Trinajstić information content (AvgIpc) is 2.27. The van der Waals surface area contributed by atoms with Gasteiger partial charge in [-0.05, 0) is 12.1 Å². The van der Waals surface area contributed by atoms with Gasteiger partial charge in [0.25, 0.3) is 11.8 Å².